The molecule has 0 fully saturated rings. The fourth-order valence-electron chi connectivity index (χ4n) is 1.27. The summed E-state index contributed by atoms with van der Waals surface area (Å²) in [7, 11) is 0. The van der Waals surface area contributed by atoms with Gasteiger partial charge in [-0.15, -0.1) is 0 Å². The van der Waals surface area contributed by atoms with Gasteiger partial charge in [0.2, 0.25) is 0 Å². The number of nitrogens with two attached hydrogens (primary N) is 1. The third-order valence-electron chi connectivity index (χ3n) is 1.88. The Morgan fingerprint density at radius 1 is 1.46 bits per heavy atom. The van der Waals surface area contributed by atoms with Crippen LogP contribution in [0, 0.1) is 4.77 Å². The van der Waals surface area contributed by atoms with Gasteiger partial charge in [-0.1, -0.05) is 6.92 Å². The minimum atomic E-state index is -0.119. The van der Waals surface area contributed by atoms with Crippen LogP contribution in [-0.2, 0) is 12.8 Å². The molecule has 13 heavy (non-hydrogen) atoms. The first kappa shape index (κ1) is 10.1. The van der Waals surface area contributed by atoms with E-state index in [0.717, 1.165) is 17.7 Å². The fraction of sp³-hybridized carbons (Fsp3) is 0.500. The lowest BCUT2D eigenvalue weighted by Gasteiger charge is -2.04. The van der Waals surface area contributed by atoms with Gasteiger partial charge in [0, 0.05) is 11.3 Å². The second-order valence-corrected chi connectivity index (χ2v) is 3.17. The van der Waals surface area contributed by atoms with Gasteiger partial charge in [0.1, 0.15) is 0 Å². The van der Waals surface area contributed by atoms with Crippen LogP contribution in [0.1, 0.15) is 18.2 Å². The van der Waals surface area contributed by atoms with E-state index in [1.165, 1.54) is 0 Å². The fourth-order valence-corrected chi connectivity index (χ4v) is 1.49. The first-order chi connectivity index (χ1) is 6.19. The molecule has 0 aliphatic rings. The van der Waals surface area contributed by atoms with E-state index in [0.29, 0.717) is 17.7 Å². The number of nitrogens with one attached hydrogen (secondary N) is 2. The third kappa shape index (κ3) is 2.26. The standard InChI is InChI=1S/C8H13N3OS/c1-2-6-5(3-4-9)7(12)11-8(13)10-6/h2-4,9H2,1H3,(H2,10,11,12,13). The topological polar surface area (TPSA) is 74.7 Å². The molecule has 5 heteroatoms. The number of aromatic nitrogens is 2. The molecule has 0 radical (unpaired) electrons. The highest BCUT2D eigenvalue weighted by molar-refractivity contribution is 7.71. The van der Waals surface area contributed by atoms with Crippen LogP contribution in [0.25, 0.3) is 0 Å². The van der Waals surface area contributed by atoms with Crippen molar-refractivity contribution in [3.8, 4) is 0 Å². The van der Waals surface area contributed by atoms with E-state index in [4.69, 9.17) is 18.0 Å². The van der Waals surface area contributed by atoms with Gasteiger partial charge in [0.25, 0.3) is 5.56 Å². The predicted molar refractivity (Wildman–Crippen MR) is 54.4 cm³/mol. The van der Waals surface area contributed by atoms with Crippen LogP contribution in [0.3, 0.4) is 0 Å². The number of rotatable bonds is 3. The normalized spacial score (nSPS) is 10.3. The van der Waals surface area contributed by atoms with Crippen LogP contribution >= 0.6 is 12.2 Å². The van der Waals surface area contributed by atoms with E-state index in [1.807, 2.05) is 6.92 Å². The molecule has 0 saturated heterocycles. The minimum Gasteiger partial charge on any atom is -0.336 e. The molecule has 1 rings (SSSR count). The maximum atomic E-state index is 11.4. The Kier molecular flexibility index (Phi) is 3.39. The van der Waals surface area contributed by atoms with E-state index < -0.39 is 0 Å². The van der Waals surface area contributed by atoms with Crippen molar-refractivity contribution in [2.75, 3.05) is 6.54 Å². The number of hydrogen-bond acceptors (Lipinski definition) is 3. The van der Waals surface area contributed by atoms with Gasteiger partial charge >= 0.3 is 0 Å². The van der Waals surface area contributed by atoms with Crippen LogP contribution < -0.4 is 11.3 Å². The molecule has 72 valence electrons. The molecule has 0 saturated carbocycles. The van der Waals surface area contributed by atoms with E-state index in [2.05, 4.69) is 9.97 Å². The molecule has 1 aromatic rings. The molecule has 1 heterocycles. The zero-order chi connectivity index (χ0) is 9.84. The van der Waals surface area contributed by atoms with Crippen molar-refractivity contribution >= 4 is 12.2 Å². The molecule has 0 aliphatic heterocycles. The Morgan fingerprint density at radius 3 is 2.69 bits per heavy atom. The Hall–Kier alpha value is -0.940. The Bertz CT molecular complexity index is 393. The quantitative estimate of drug-likeness (QED) is 0.620. The zero-order valence-corrected chi connectivity index (χ0v) is 8.33. The summed E-state index contributed by atoms with van der Waals surface area (Å²) in [6.45, 7) is 2.45. The lowest BCUT2D eigenvalue weighted by molar-refractivity contribution is 0.859. The van der Waals surface area contributed by atoms with Crippen molar-refractivity contribution in [3.63, 3.8) is 0 Å². The van der Waals surface area contributed by atoms with E-state index in [1.54, 1.807) is 0 Å². The number of aromatic amines is 2. The number of hydrogen-bond donors (Lipinski definition) is 3. The van der Waals surface area contributed by atoms with Crippen LogP contribution in [0.4, 0.5) is 0 Å². The van der Waals surface area contributed by atoms with Gasteiger partial charge in [0.05, 0.1) is 0 Å². The van der Waals surface area contributed by atoms with Crippen LogP contribution in [0.15, 0.2) is 4.79 Å². The van der Waals surface area contributed by atoms with Crippen LogP contribution in [0.2, 0.25) is 0 Å². The Morgan fingerprint density at radius 2 is 2.15 bits per heavy atom. The summed E-state index contributed by atoms with van der Waals surface area (Å²) in [4.78, 5) is 16.9. The smallest absolute Gasteiger partial charge is 0.255 e. The first-order valence-corrected chi connectivity index (χ1v) is 4.64. The average Bonchev–Trinajstić information content (AvgIpc) is 2.09. The molecule has 4 N–H and O–H groups in total. The SMILES string of the molecule is CCc1[nH]c(=S)[nH]c(=O)c1CCN. The molecular weight excluding hydrogens is 186 g/mol. The highest BCUT2D eigenvalue weighted by atomic mass is 32.1. The summed E-state index contributed by atoms with van der Waals surface area (Å²) in [5, 5.41) is 0. The predicted octanol–water partition coefficient (Wildman–Crippen LogP) is 0.496. The zero-order valence-electron chi connectivity index (χ0n) is 7.52. The maximum absolute atomic E-state index is 11.4. The number of H-pyrrole nitrogens is 2. The third-order valence-corrected chi connectivity index (χ3v) is 2.08. The lowest BCUT2D eigenvalue weighted by atomic mass is 10.1. The molecule has 1 aromatic heterocycles. The average molecular weight is 199 g/mol. The summed E-state index contributed by atoms with van der Waals surface area (Å²) in [5.74, 6) is 0. The molecular formula is C8H13N3OS. The highest BCUT2D eigenvalue weighted by Gasteiger charge is 2.04. The molecule has 4 nitrogen and oxygen atoms in total. The van der Waals surface area contributed by atoms with Gasteiger partial charge in [-0.2, -0.15) is 0 Å². The first-order valence-electron chi connectivity index (χ1n) is 4.23. The van der Waals surface area contributed by atoms with Gasteiger partial charge in [-0.25, -0.2) is 0 Å². The van der Waals surface area contributed by atoms with Gasteiger partial charge in [0.15, 0.2) is 4.77 Å². The Labute approximate surface area is 81.2 Å². The van der Waals surface area contributed by atoms with E-state index >= 15 is 0 Å². The molecule has 0 bridgehead atoms. The molecule has 0 unspecified atom stereocenters. The molecule has 0 spiro atoms. The van der Waals surface area contributed by atoms with Crippen molar-refractivity contribution in [2.24, 2.45) is 5.73 Å². The van der Waals surface area contributed by atoms with Crippen molar-refractivity contribution in [1.82, 2.24) is 9.97 Å². The number of aryl methyl sites for hydroxylation is 1. The van der Waals surface area contributed by atoms with E-state index in [9.17, 15) is 4.79 Å². The molecule has 0 aromatic carbocycles. The molecule has 0 amide bonds. The second kappa shape index (κ2) is 4.34. The van der Waals surface area contributed by atoms with Crippen molar-refractivity contribution in [3.05, 3.63) is 26.4 Å². The van der Waals surface area contributed by atoms with Gasteiger partial charge < -0.3 is 10.7 Å². The monoisotopic (exact) mass is 199 g/mol. The summed E-state index contributed by atoms with van der Waals surface area (Å²) in [6, 6.07) is 0. The molecule has 0 atom stereocenters. The summed E-state index contributed by atoms with van der Waals surface area (Å²) in [6.07, 6.45) is 1.35. The minimum absolute atomic E-state index is 0.119. The maximum Gasteiger partial charge on any atom is 0.255 e. The van der Waals surface area contributed by atoms with Crippen LogP contribution in [-0.4, -0.2) is 16.5 Å². The van der Waals surface area contributed by atoms with Crippen molar-refractivity contribution in [2.45, 2.75) is 19.8 Å². The van der Waals surface area contributed by atoms with Crippen LogP contribution in [0.5, 0.6) is 0 Å². The highest BCUT2D eigenvalue weighted by Crippen LogP contribution is 2.00. The summed E-state index contributed by atoms with van der Waals surface area (Å²) >= 11 is 4.85. The van der Waals surface area contributed by atoms with Gasteiger partial charge in [-0.3, -0.25) is 9.78 Å². The van der Waals surface area contributed by atoms with Crippen molar-refractivity contribution < 1.29 is 0 Å². The van der Waals surface area contributed by atoms with E-state index in [-0.39, 0.29) is 5.56 Å². The van der Waals surface area contributed by atoms with Gasteiger partial charge in [-0.05, 0) is 31.6 Å². The second-order valence-electron chi connectivity index (χ2n) is 2.76. The largest absolute Gasteiger partial charge is 0.336 e. The summed E-state index contributed by atoms with van der Waals surface area (Å²) in [5.41, 5.74) is 6.89. The molecule has 0 aliphatic carbocycles. The lowest BCUT2D eigenvalue weighted by Crippen LogP contribution is -2.20. The Balaban J connectivity index is 3.30. The van der Waals surface area contributed by atoms with Crippen molar-refractivity contribution in [1.29, 1.82) is 0 Å². The summed E-state index contributed by atoms with van der Waals surface area (Å²) < 4.78 is 0.377.